The van der Waals surface area contributed by atoms with Crippen LogP contribution in [0.1, 0.15) is 16.8 Å². The van der Waals surface area contributed by atoms with Gasteiger partial charge in [-0.3, -0.25) is 4.68 Å². The average Bonchev–Trinajstić information content (AvgIpc) is 3.01. The molecule has 1 aromatic carbocycles. The van der Waals surface area contributed by atoms with E-state index in [4.69, 9.17) is 0 Å². The summed E-state index contributed by atoms with van der Waals surface area (Å²) in [6.07, 6.45) is 2.69. The van der Waals surface area contributed by atoms with Crippen LogP contribution in [0.15, 0.2) is 29.3 Å². The second kappa shape index (κ2) is 5.16. The Hall–Kier alpha value is -1.86. The summed E-state index contributed by atoms with van der Waals surface area (Å²) in [5, 5.41) is 7.43. The summed E-state index contributed by atoms with van der Waals surface area (Å²) >= 11 is 0. The van der Waals surface area contributed by atoms with Crippen LogP contribution in [0.2, 0.25) is 0 Å². The number of nitrogens with zero attached hydrogens (tertiary/aromatic N) is 2. The maximum absolute atomic E-state index is 12.4. The summed E-state index contributed by atoms with van der Waals surface area (Å²) in [7, 11) is -1.68. The number of hydrogen-bond donors (Lipinski definition) is 2. The van der Waals surface area contributed by atoms with Gasteiger partial charge in [-0.2, -0.15) is 5.10 Å². The maximum Gasteiger partial charge on any atom is 0.240 e. The molecular formula is C14H18N4O2S. The summed E-state index contributed by atoms with van der Waals surface area (Å²) < 4.78 is 29.0. The highest BCUT2D eigenvalue weighted by Crippen LogP contribution is 2.25. The smallest absolute Gasteiger partial charge is 0.240 e. The lowest BCUT2D eigenvalue weighted by Gasteiger charge is -2.08. The first-order valence-electron chi connectivity index (χ1n) is 6.81. The van der Waals surface area contributed by atoms with Crippen molar-refractivity contribution in [1.29, 1.82) is 0 Å². The standard InChI is InChI=1S/C14H18N4O2S/c1-10-12(9-18(2)17-10)8-16-21(19,20)13-3-4-14-11(7-13)5-6-15-14/h3-4,7,9,15-16H,5-6,8H2,1-2H3. The van der Waals surface area contributed by atoms with Crippen LogP contribution < -0.4 is 10.0 Å². The third-order valence-corrected chi connectivity index (χ3v) is 5.06. The highest BCUT2D eigenvalue weighted by Gasteiger charge is 2.18. The molecule has 2 N–H and O–H groups in total. The van der Waals surface area contributed by atoms with Crippen molar-refractivity contribution in [3.8, 4) is 0 Å². The van der Waals surface area contributed by atoms with Gasteiger partial charge < -0.3 is 5.32 Å². The number of benzene rings is 1. The van der Waals surface area contributed by atoms with Crippen LogP contribution in [0, 0.1) is 6.92 Å². The zero-order chi connectivity index (χ0) is 15.0. The molecule has 3 rings (SSSR count). The van der Waals surface area contributed by atoms with Gasteiger partial charge >= 0.3 is 0 Å². The minimum atomic E-state index is -3.50. The topological polar surface area (TPSA) is 76.0 Å². The number of nitrogens with one attached hydrogen (secondary N) is 2. The number of aromatic nitrogens is 2. The van der Waals surface area contributed by atoms with E-state index in [0.29, 0.717) is 4.90 Å². The summed E-state index contributed by atoms with van der Waals surface area (Å²) in [5.41, 5.74) is 3.79. The van der Waals surface area contributed by atoms with E-state index in [9.17, 15) is 8.42 Å². The molecule has 0 bridgehead atoms. The van der Waals surface area contributed by atoms with Crippen LogP contribution in [0.5, 0.6) is 0 Å². The number of aryl methyl sites for hydroxylation is 2. The van der Waals surface area contributed by atoms with Gasteiger partial charge in [0.2, 0.25) is 10.0 Å². The number of rotatable bonds is 4. The SMILES string of the molecule is Cc1nn(C)cc1CNS(=O)(=O)c1ccc2c(c1)CCN2. The Morgan fingerprint density at radius 1 is 1.43 bits per heavy atom. The van der Waals surface area contributed by atoms with Crippen LogP contribution in [-0.2, 0) is 30.0 Å². The summed E-state index contributed by atoms with van der Waals surface area (Å²) in [6, 6.07) is 5.20. The molecule has 0 unspecified atom stereocenters. The van der Waals surface area contributed by atoms with Gasteiger partial charge in [0, 0.05) is 37.6 Å². The third-order valence-electron chi connectivity index (χ3n) is 3.66. The number of sulfonamides is 1. The van der Waals surface area contributed by atoms with Gasteiger partial charge in [-0.15, -0.1) is 0 Å². The van der Waals surface area contributed by atoms with Crippen LogP contribution >= 0.6 is 0 Å². The van der Waals surface area contributed by atoms with Gasteiger partial charge in [-0.1, -0.05) is 0 Å². The highest BCUT2D eigenvalue weighted by molar-refractivity contribution is 7.89. The summed E-state index contributed by atoms with van der Waals surface area (Å²) in [5.74, 6) is 0. The fourth-order valence-corrected chi connectivity index (χ4v) is 3.58. The number of hydrogen-bond acceptors (Lipinski definition) is 4. The lowest BCUT2D eigenvalue weighted by atomic mass is 10.2. The lowest BCUT2D eigenvalue weighted by Crippen LogP contribution is -2.23. The molecule has 6 nitrogen and oxygen atoms in total. The highest BCUT2D eigenvalue weighted by atomic mass is 32.2. The monoisotopic (exact) mass is 306 g/mol. The van der Waals surface area contributed by atoms with Gasteiger partial charge in [-0.25, -0.2) is 13.1 Å². The fourth-order valence-electron chi connectivity index (χ4n) is 2.53. The minimum absolute atomic E-state index is 0.247. The zero-order valence-corrected chi connectivity index (χ0v) is 12.9. The van der Waals surface area contributed by atoms with Crippen LogP contribution in [0.3, 0.4) is 0 Å². The Bertz CT molecular complexity index is 780. The van der Waals surface area contributed by atoms with Gasteiger partial charge in [0.05, 0.1) is 10.6 Å². The van der Waals surface area contributed by atoms with Crippen LogP contribution in [0.4, 0.5) is 5.69 Å². The number of fused-ring (bicyclic) bond motifs is 1. The molecule has 1 aromatic heterocycles. The first-order chi connectivity index (χ1) is 9.95. The lowest BCUT2D eigenvalue weighted by molar-refractivity contribution is 0.581. The second-order valence-electron chi connectivity index (χ2n) is 5.23. The predicted molar refractivity (Wildman–Crippen MR) is 80.6 cm³/mol. The molecule has 0 saturated heterocycles. The van der Waals surface area contributed by atoms with Crippen molar-refractivity contribution in [2.45, 2.75) is 24.8 Å². The van der Waals surface area contributed by atoms with Gasteiger partial charge in [0.1, 0.15) is 0 Å². The van der Waals surface area contributed by atoms with Crippen molar-refractivity contribution in [3.63, 3.8) is 0 Å². The van der Waals surface area contributed by atoms with Crippen molar-refractivity contribution in [2.75, 3.05) is 11.9 Å². The van der Waals surface area contributed by atoms with E-state index in [1.807, 2.05) is 26.2 Å². The molecule has 21 heavy (non-hydrogen) atoms. The molecule has 7 heteroatoms. The quantitative estimate of drug-likeness (QED) is 0.889. The third kappa shape index (κ3) is 2.79. The van der Waals surface area contributed by atoms with Crippen molar-refractivity contribution in [2.24, 2.45) is 7.05 Å². The van der Waals surface area contributed by atoms with Gasteiger partial charge in [0.25, 0.3) is 0 Å². The van der Waals surface area contributed by atoms with Crippen LogP contribution in [0.25, 0.3) is 0 Å². The molecule has 0 saturated carbocycles. The van der Waals surface area contributed by atoms with Crippen molar-refractivity contribution in [1.82, 2.24) is 14.5 Å². The van der Waals surface area contributed by atoms with E-state index in [0.717, 1.165) is 35.5 Å². The van der Waals surface area contributed by atoms with Gasteiger partial charge in [0.15, 0.2) is 0 Å². The van der Waals surface area contributed by atoms with E-state index in [2.05, 4.69) is 15.1 Å². The Balaban J connectivity index is 1.79. The minimum Gasteiger partial charge on any atom is -0.384 e. The van der Waals surface area contributed by atoms with E-state index < -0.39 is 10.0 Å². The molecule has 0 aliphatic carbocycles. The first-order valence-corrected chi connectivity index (χ1v) is 8.29. The Morgan fingerprint density at radius 2 is 2.24 bits per heavy atom. The van der Waals surface area contributed by atoms with E-state index >= 15 is 0 Å². The zero-order valence-electron chi connectivity index (χ0n) is 12.0. The average molecular weight is 306 g/mol. The molecule has 0 spiro atoms. The molecule has 0 fully saturated rings. The van der Waals surface area contributed by atoms with E-state index in [1.54, 1.807) is 16.8 Å². The molecule has 0 radical (unpaired) electrons. The largest absolute Gasteiger partial charge is 0.384 e. The van der Waals surface area contributed by atoms with E-state index in [1.165, 1.54) is 0 Å². The van der Waals surface area contributed by atoms with Crippen molar-refractivity contribution < 1.29 is 8.42 Å². The predicted octanol–water partition coefficient (Wildman–Crippen LogP) is 1.18. The first kappa shape index (κ1) is 14.1. The molecule has 2 heterocycles. The van der Waals surface area contributed by atoms with Crippen molar-refractivity contribution in [3.05, 3.63) is 41.2 Å². The molecule has 0 atom stereocenters. The molecule has 0 amide bonds. The molecule has 2 aromatic rings. The van der Waals surface area contributed by atoms with Gasteiger partial charge in [-0.05, 0) is 37.1 Å². The Kier molecular flexibility index (Phi) is 3.46. The summed E-state index contributed by atoms with van der Waals surface area (Å²) in [6.45, 7) is 2.98. The summed E-state index contributed by atoms with van der Waals surface area (Å²) in [4.78, 5) is 0.312. The second-order valence-corrected chi connectivity index (χ2v) is 7.00. The van der Waals surface area contributed by atoms with Crippen molar-refractivity contribution >= 4 is 15.7 Å². The normalized spacial score (nSPS) is 14.0. The van der Waals surface area contributed by atoms with E-state index in [-0.39, 0.29) is 6.54 Å². The molecular weight excluding hydrogens is 288 g/mol. The molecule has 112 valence electrons. The maximum atomic E-state index is 12.4. The Morgan fingerprint density at radius 3 is 2.95 bits per heavy atom. The molecule has 1 aliphatic rings. The Labute approximate surface area is 124 Å². The van der Waals surface area contributed by atoms with Crippen LogP contribution in [-0.4, -0.2) is 24.7 Å². The number of anilines is 1. The molecule has 1 aliphatic heterocycles. The fraction of sp³-hybridized carbons (Fsp3) is 0.357.